The third kappa shape index (κ3) is 4.80. The van der Waals surface area contributed by atoms with E-state index < -0.39 is 0 Å². The quantitative estimate of drug-likeness (QED) is 0.833. The number of nitrogens with one attached hydrogen (secondary N) is 2. The van der Waals surface area contributed by atoms with Crippen LogP contribution in [0.25, 0.3) is 0 Å². The van der Waals surface area contributed by atoms with Gasteiger partial charge in [-0.1, -0.05) is 6.07 Å². The van der Waals surface area contributed by atoms with Crippen molar-refractivity contribution in [3.8, 4) is 0 Å². The second-order valence-corrected chi connectivity index (χ2v) is 7.17. The average molecular weight is 397 g/mol. The van der Waals surface area contributed by atoms with Gasteiger partial charge in [-0.2, -0.15) is 0 Å². The van der Waals surface area contributed by atoms with Crippen molar-refractivity contribution in [1.29, 1.82) is 0 Å². The second-order valence-electron chi connectivity index (χ2n) is 7.17. The number of carbonyl (C=O) groups excluding carboxylic acids is 3. The van der Waals surface area contributed by atoms with Gasteiger partial charge in [-0.25, -0.2) is 4.39 Å². The predicted molar refractivity (Wildman–Crippen MR) is 108 cm³/mol. The molecule has 0 atom stereocenters. The summed E-state index contributed by atoms with van der Waals surface area (Å²) in [5.74, 6) is -1.08. The number of nitrogens with zero attached hydrogens (tertiary/aromatic N) is 1. The van der Waals surface area contributed by atoms with E-state index in [1.165, 1.54) is 24.3 Å². The average Bonchev–Trinajstić information content (AvgIpc) is 2.74. The van der Waals surface area contributed by atoms with Crippen LogP contribution in [0.3, 0.4) is 0 Å². The highest BCUT2D eigenvalue weighted by atomic mass is 19.1. The number of likely N-dealkylation sites (tertiary alicyclic amines) is 1. The molecule has 2 N–H and O–H groups in total. The fraction of sp³-hybridized carbons (Fsp3) is 0.318. The standard InChI is InChI=1S/C22H24FN3O3/c1-14-3-4-17(20(27)24-2)13-19(14)25-21(28)15-9-11-26(12-10-15)22(29)16-5-7-18(23)8-6-16/h3-8,13,15H,9-12H2,1-2H3,(H,24,27)(H,25,28). The van der Waals surface area contributed by atoms with E-state index in [0.29, 0.717) is 42.7 Å². The molecule has 0 spiro atoms. The summed E-state index contributed by atoms with van der Waals surface area (Å²) in [6, 6.07) is 10.6. The van der Waals surface area contributed by atoms with Crippen LogP contribution < -0.4 is 10.6 Å². The molecule has 2 aromatic rings. The largest absolute Gasteiger partial charge is 0.355 e. The first kappa shape index (κ1) is 20.5. The second kappa shape index (κ2) is 8.86. The van der Waals surface area contributed by atoms with E-state index in [2.05, 4.69) is 10.6 Å². The van der Waals surface area contributed by atoms with Crippen molar-refractivity contribution in [1.82, 2.24) is 10.2 Å². The molecule has 0 radical (unpaired) electrons. The number of rotatable bonds is 4. The summed E-state index contributed by atoms with van der Waals surface area (Å²) in [5, 5.41) is 5.48. The van der Waals surface area contributed by atoms with Gasteiger partial charge in [0.25, 0.3) is 11.8 Å². The van der Waals surface area contributed by atoms with Crippen molar-refractivity contribution in [2.24, 2.45) is 5.92 Å². The summed E-state index contributed by atoms with van der Waals surface area (Å²) in [4.78, 5) is 38.7. The van der Waals surface area contributed by atoms with Gasteiger partial charge in [-0.15, -0.1) is 0 Å². The highest BCUT2D eigenvalue weighted by Gasteiger charge is 2.28. The number of halogens is 1. The molecule has 7 heteroatoms. The molecule has 1 aliphatic heterocycles. The van der Waals surface area contributed by atoms with E-state index in [1.54, 1.807) is 30.1 Å². The van der Waals surface area contributed by atoms with E-state index in [1.807, 2.05) is 6.92 Å². The van der Waals surface area contributed by atoms with Gasteiger partial charge in [0.2, 0.25) is 5.91 Å². The first-order chi connectivity index (χ1) is 13.9. The molecule has 0 aromatic heterocycles. The van der Waals surface area contributed by atoms with Gasteiger partial charge in [-0.05, 0) is 61.7 Å². The zero-order valence-corrected chi connectivity index (χ0v) is 16.5. The maximum atomic E-state index is 13.0. The lowest BCUT2D eigenvalue weighted by Crippen LogP contribution is -2.41. The van der Waals surface area contributed by atoms with Crippen LogP contribution in [-0.4, -0.2) is 42.8 Å². The smallest absolute Gasteiger partial charge is 0.253 e. The molecular weight excluding hydrogens is 373 g/mol. The SMILES string of the molecule is CNC(=O)c1ccc(C)c(NC(=O)C2CCN(C(=O)c3ccc(F)cc3)CC2)c1. The summed E-state index contributed by atoms with van der Waals surface area (Å²) in [6.07, 6.45) is 1.10. The van der Waals surface area contributed by atoms with Gasteiger partial charge in [0.1, 0.15) is 5.82 Å². The molecule has 3 rings (SSSR count). The third-order valence-corrected chi connectivity index (χ3v) is 5.23. The normalized spacial score (nSPS) is 14.4. The van der Waals surface area contributed by atoms with Gasteiger partial charge >= 0.3 is 0 Å². The highest BCUT2D eigenvalue weighted by molar-refractivity contribution is 5.98. The number of aryl methyl sites for hydroxylation is 1. The number of benzene rings is 2. The van der Waals surface area contributed by atoms with Crippen molar-refractivity contribution in [3.05, 3.63) is 65.0 Å². The monoisotopic (exact) mass is 397 g/mol. The summed E-state index contributed by atoms with van der Waals surface area (Å²) >= 11 is 0. The third-order valence-electron chi connectivity index (χ3n) is 5.23. The van der Waals surface area contributed by atoms with Crippen molar-refractivity contribution >= 4 is 23.4 Å². The Labute approximate surface area is 169 Å². The lowest BCUT2D eigenvalue weighted by atomic mass is 9.95. The van der Waals surface area contributed by atoms with E-state index in [9.17, 15) is 18.8 Å². The minimum absolute atomic E-state index is 0.115. The number of anilines is 1. The molecule has 3 amide bonds. The summed E-state index contributed by atoms with van der Waals surface area (Å²) < 4.78 is 13.0. The predicted octanol–water partition coefficient (Wildman–Crippen LogP) is 2.98. The van der Waals surface area contributed by atoms with Gasteiger partial charge in [0.05, 0.1) is 0 Å². The Kier molecular flexibility index (Phi) is 6.26. The Morgan fingerprint density at radius 3 is 2.24 bits per heavy atom. The van der Waals surface area contributed by atoms with Crippen molar-refractivity contribution < 1.29 is 18.8 Å². The molecule has 6 nitrogen and oxygen atoms in total. The fourth-order valence-corrected chi connectivity index (χ4v) is 3.40. The number of carbonyl (C=O) groups is 3. The first-order valence-corrected chi connectivity index (χ1v) is 9.57. The maximum Gasteiger partial charge on any atom is 0.253 e. The van der Waals surface area contributed by atoms with Crippen molar-refractivity contribution in [2.45, 2.75) is 19.8 Å². The zero-order valence-electron chi connectivity index (χ0n) is 16.5. The minimum atomic E-state index is -0.382. The summed E-state index contributed by atoms with van der Waals surface area (Å²) in [5.41, 5.74) is 2.40. The molecule has 0 saturated carbocycles. The van der Waals surface area contributed by atoms with E-state index in [-0.39, 0.29) is 29.5 Å². The van der Waals surface area contributed by atoms with Gasteiger partial charge in [0, 0.05) is 42.9 Å². The fourth-order valence-electron chi connectivity index (χ4n) is 3.40. The van der Waals surface area contributed by atoms with E-state index in [0.717, 1.165) is 5.56 Å². The lowest BCUT2D eigenvalue weighted by molar-refractivity contribution is -0.121. The molecule has 1 aliphatic rings. The topological polar surface area (TPSA) is 78.5 Å². The first-order valence-electron chi connectivity index (χ1n) is 9.57. The Hall–Kier alpha value is -3.22. The molecule has 2 aromatic carbocycles. The van der Waals surface area contributed by atoms with Gasteiger partial charge in [0.15, 0.2) is 0 Å². The number of hydrogen-bond donors (Lipinski definition) is 2. The van der Waals surface area contributed by atoms with Crippen LogP contribution in [0.2, 0.25) is 0 Å². The van der Waals surface area contributed by atoms with Crippen LogP contribution in [0.5, 0.6) is 0 Å². The molecule has 0 unspecified atom stereocenters. The van der Waals surface area contributed by atoms with Crippen LogP contribution in [0.15, 0.2) is 42.5 Å². The molecule has 1 heterocycles. The molecule has 29 heavy (non-hydrogen) atoms. The Morgan fingerprint density at radius 1 is 1.00 bits per heavy atom. The number of hydrogen-bond acceptors (Lipinski definition) is 3. The molecule has 1 fully saturated rings. The van der Waals surface area contributed by atoms with Crippen molar-refractivity contribution in [2.75, 3.05) is 25.5 Å². The molecule has 0 bridgehead atoms. The van der Waals surface area contributed by atoms with Crippen LogP contribution >= 0.6 is 0 Å². The van der Waals surface area contributed by atoms with E-state index in [4.69, 9.17) is 0 Å². The van der Waals surface area contributed by atoms with Crippen LogP contribution in [0, 0.1) is 18.7 Å². The lowest BCUT2D eigenvalue weighted by Gasteiger charge is -2.31. The summed E-state index contributed by atoms with van der Waals surface area (Å²) in [7, 11) is 1.56. The van der Waals surface area contributed by atoms with Crippen LogP contribution in [0.4, 0.5) is 10.1 Å². The minimum Gasteiger partial charge on any atom is -0.355 e. The summed E-state index contributed by atoms with van der Waals surface area (Å²) in [6.45, 7) is 2.80. The number of amides is 3. The van der Waals surface area contributed by atoms with Crippen LogP contribution in [-0.2, 0) is 4.79 Å². The maximum absolute atomic E-state index is 13.0. The molecular formula is C22H24FN3O3. The van der Waals surface area contributed by atoms with Crippen molar-refractivity contribution in [3.63, 3.8) is 0 Å². The van der Waals surface area contributed by atoms with Gasteiger partial charge < -0.3 is 15.5 Å². The Balaban J connectivity index is 1.60. The molecule has 152 valence electrons. The Morgan fingerprint density at radius 2 is 1.62 bits per heavy atom. The highest BCUT2D eigenvalue weighted by Crippen LogP contribution is 2.23. The Bertz CT molecular complexity index is 919. The number of piperidine rings is 1. The molecule has 1 saturated heterocycles. The van der Waals surface area contributed by atoms with Gasteiger partial charge in [-0.3, -0.25) is 14.4 Å². The van der Waals surface area contributed by atoms with E-state index >= 15 is 0 Å². The zero-order chi connectivity index (χ0) is 21.0. The molecule has 0 aliphatic carbocycles. The van der Waals surface area contributed by atoms with Crippen LogP contribution in [0.1, 0.15) is 39.1 Å².